The minimum absolute atomic E-state index is 0.116. The molecular weight excluding hydrogens is 238 g/mol. The summed E-state index contributed by atoms with van der Waals surface area (Å²) in [6.07, 6.45) is 4.67. The molecule has 2 bridgehead atoms. The van der Waals surface area contributed by atoms with E-state index in [1.807, 2.05) is 36.4 Å². The van der Waals surface area contributed by atoms with Gasteiger partial charge in [-0.2, -0.15) is 0 Å². The molecule has 1 N–H and O–H groups in total. The number of rotatable bonds is 2. The molecule has 0 saturated heterocycles. The molecule has 0 amide bonds. The Morgan fingerprint density at radius 1 is 1.37 bits per heavy atom. The average Bonchev–Trinajstić information content (AvgIpc) is 2.46. The van der Waals surface area contributed by atoms with Gasteiger partial charge in [0, 0.05) is 22.5 Å². The SMILES string of the molecule is C[C@]12CC[C@H](C=C1C(=O)c1ccccc1)/C(=N\O)C2. The molecule has 2 atom stereocenters. The second-order valence-electron chi connectivity index (χ2n) is 5.75. The fraction of sp³-hybridized carbons (Fsp3) is 0.375. The van der Waals surface area contributed by atoms with Crippen molar-refractivity contribution in [3.05, 3.63) is 47.5 Å². The van der Waals surface area contributed by atoms with Gasteiger partial charge in [0.15, 0.2) is 5.78 Å². The second-order valence-corrected chi connectivity index (χ2v) is 5.75. The average molecular weight is 255 g/mol. The van der Waals surface area contributed by atoms with E-state index in [1.54, 1.807) is 0 Å². The van der Waals surface area contributed by atoms with E-state index in [2.05, 4.69) is 12.1 Å². The summed E-state index contributed by atoms with van der Waals surface area (Å²) in [5.74, 6) is 0.249. The van der Waals surface area contributed by atoms with Crippen molar-refractivity contribution in [3.63, 3.8) is 0 Å². The zero-order valence-electron chi connectivity index (χ0n) is 11.0. The maximum absolute atomic E-state index is 12.6. The van der Waals surface area contributed by atoms with Crippen molar-refractivity contribution in [2.24, 2.45) is 16.5 Å². The maximum Gasteiger partial charge on any atom is 0.189 e. The molecule has 0 aliphatic heterocycles. The van der Waals surface area contributed by atoms with E-state index >= 15 is 0 Å². The highest BCUT2D eigenvalue weighted by molar-refractivity contribution is 6.11. The van der Waals surface area contributed by atoms with Crippen molar-refractivity contribution in [2.75, 3.05) is 0 Å². The number of hydrogen-bond acceptors (Lipinski definition) is 3. The zero-order valence-corrected chi connectivity index (χ0v) is 11.0. The van der Waals surface area contributed by atoms with Gasteiger partial charge in [0.05, 0.1) is 5.71 Å². The Bertz CT molecular complexity index is 574. The van der Waals surface area contributed by atoms with Gasteiger partial charge in [-0.25, -0.2) is 0 Å². The van der Waals surface area contributed by atoms with E-state index in [4.69, 9.17) is 5.21 Å². The fourth-order valence-corrected chi connectivity index (χ4v) is 3.28. The molecule has 1 aromatic carbocycles. The van der Waals surface area contributed by atoms with Crippen LogP contribution in [0.2, 0.25) is 0 Å². The zero-order chi connectivity index (χ0) is 13.5. The molecule has 3 aliphatic rings. The molecule has 1 saturated carbocycles. The molecular formula is C16H17NO2. The Morgan fingerprint density at radius 2 is 2.11 bits per heavy atom. The molecule has 1 fully saturated rings. The van der Waals surface area contributed by atoms with Crippen molar-refractivity contribution in [3.8, 4) is 0 Å². The van der Waals surface area contributed by atoms with Crippen LogP contribution < -0.4 is 0 Å². The van der Waals surface area contributed by atoms with Crippen LogP contribution in [-0.4, -0.2) is 16.7 Å². The molecule has 3 heteroatoms. The van der Waals surface area contributed by atoms with E-state index in [1.165, 1.54) is 0 Å². The number of allylic oxidation sites excluding steroid dienone is 2. The monoisotopic (exact) mass is 255 g/mol. The van der Waals surface area contributed by atoms with Gasteiger partial charge in [-0.05, 0) is 19.3 Å². The molecule has 0 spiro atoms. The van der Waals surface area contributed by atoms with Gasteiger partial charge in [0.25, 0.3) is 0 Å². The second kappa shape index (κ2) is 4.34. The Hall–Kier alpha value is -1.90. The number of nitrogens with zero attached hydrogens (tertiary/aromatic N) is 1. The summed E-state index contributed by atoms with van der Waals surface area (Å²) in [5, 5.41) is 12.4. The van der Waals surface area contributed by atoms with Crippen LogP contribution in [0, 0.1) is 11.3 Å². The summed E-state index contributed by atoms with van der Waals surface area (Å²) in [7, 11) is 0. The van der Waals surface area contributed by atoms with Crippen LogP contribution in [0.1, 0.15) is 36.5 Å². The Kier molecular flexibility index (Phi) is 2.77. The first-order valence-corrected chi connectivity index (χ1v) is 6.67. The van der Waals surface area contributed by atoms with Crippen molar-refractivity contribution < 1.29 is 10.0 Å². The normalized spacial score (nSPS) is 31.3. The fourth-order valence-electron chi connectivity index (χ4n) is 3.28. The maximum atomic E-state index is 12.6. The first-order valence-electron chi connectivity index (χ1n) is 6.67. The third-order valence-corrected chi connectivity index (χ3v) is 4.43. The standard InChI is InChI=1S/C16H17NO2/c1-16-8-7-12(14(10-16)17-19)9-13(16)15(18)11-5-3-2-4-6-11/h2-6,9,12,19H,7-8,10H2,1H3/b17-14-/t12-,16-/m1/s1. The molecule has 0 radical (unpaired) electrons. The highest BCUT2D eigenvalue weighted by Gasteiger charge is 2.45. The van der Waals surface area contributed by atoms with E-state index < -0.39 is 0 Å². The molecule has 19 heavy (non-hydrogen) atoms. The molecule has 4 rings (SSSR count). The quantitative estimate of drug-likeness (QED) is 0.500. The number of Topliss-reactive ketones (excluding diaryl/α,β-unsaturated/α-hetero) is 1. The van der Waals surface area contributed by atoms with Gasteiger partial charge in [-0.1, -0.05) is 48.5 Å². The van der Waals surface area contributed by atoms with Crippen LogP contribution in [-0.2, 0) is 0 Å². The van der Waals surface area contributed by atoms with Gasteiger partial charge in [-0.3, -0.25) is 4.79 Å². The lowest BCUT2D eigenvalue weighted by Gasteiger charge is -2.43. The van der Waals surface area contributed by atoms with Crippen molar-refractivity contribution in [1.82, 2.24) is 0 Å². The van der Waals surface area contributed by atoms with Gasteiger partial charge in [-0.15, -0.1) is 0 Å². The molecule has 0 aromatic heterocycles. The lowest BCUT2D eigenvalue weighted by molar-refractivity contribution is 0.0988. The number of carbonyl (C=O) groups is 1. The molecule has 0 heterocycles. The minimum atomic E-state index is -0.177. The van der Waals surface area contributed by atoms with Gasteiger partial charge in [0.1, 0.15) is 0 Å². The highest BCUT2D eigenvalue weighted by atomic mass is 16.4. The van der Waals surface area contributed by atoms with E-state index in [0.717, 1.165) is 29.7 Å². The molecule has 3 nitrogen and oxygen atoms in total. The lowest BCUT2D eigenvalue weighted by atomic mass is 9.59. The number of benzene rings is 1. The van der Waals surface area contributed by atoms with Crippen molar-refractivity contribution in [1.29, 1.82) is 0 Å². The number of hydrogen-bond donors (Lipinski definition) is 1. The lowest BCUT2D eigenvalue weighted by Crippen LogP contribution is -2.40. The summed E-state index contributed by atoms with van der Waals surface area (Å²) < 4.78 is 0. The first kappa shape index (κ1) is 12.2. The van der Waals surface area contributed by atoms with Gasteiger partial charge in [0.2, 0.25) is 0 Å². The molecule has 0 unspecified atom stereocenters. The van der Waals surface area contributed by atoms with Crippen LogP contribution in [0.5, 0.6) is 0 Å². The number of ketones is 1. The van der Waals surface area contributed by atoms with Crippen molar-refractivity contribution in [2.45, 2.75) is 26.2 Å². The molecule has 98 valence electrons. The Balaban J connectivity index is 2.00. The Morgan fingerprint density at radius 3 is 2.74 bits per heavy atom. The highest BCUT2D eigenvalue weighted by Crippen LogP contribution is 2.49. The number of fused-ring (bicyclic) bond motifs is 2. The van der Waals surface area contributed by atoms with E-state index in [-0.39, 0.29) is 17.1 Å². The van der Waals surface area contributed by atoms with Crippen LogP contribution >= 0.6 is 0 Å². The van der Waals surface area contributed by atoms with Crippen LogP contribution in [0.25, 0.3) is 0 Å². The third-order valence-electron chi connectivity index (χ3n) is 4.43. The van der Waals surface area contributed by atoms with Gasteiger partial charge >= 0.3 is 0 Å². The minimum Gasteiger partial charge on any atom is -0.411 e. The van der Waals surface area contributed by atoms with Crippen LogP contribution in [0.15, 0.2) is 47.1 Å². The summed E-state index contributed by atoms with van der Waals surface area (Å²) in [4.78, 5) is 12.6. The van der Waals surface area contributed by atoms with Crippen LogP contribution in [0.4, 0.5) is 0 Å². The smallest absolute Gasteiger partial charge is 0.189 e. The molecule has 1 aromatic rings. The van der Waals surface area contributed by atoms with E-state index in [9.17, 15) is 4.79 Å². The number of oxime groups is 1. The molecule has 3 aliphatic carbocycles. The topological polar surface area (TPSA) is 49.7 Å². The first-order chi connectivity index (χ1) is 9.14. The van der Waals surface area contributed by atoms with Crippen molar-refractivity contribution >= 4 is 11.5 Å². The largest absolute Gasteiger partial charge is 0.411 e. The summed E-state index contributed by atoms with van der Waals surface area (Å²) in [5.41, 5.74) is 2.27. The summed E-state index contributed by atoms with van der Waals surface area (Å²) in [6, 6.07) is 9.40. The predicted molar refractivity (Wildman–Crippen MR) is 73.5 cm³/mol. The van der Waals surface area contributed by atoms with Crippen LogP contribution in [0.3, 0.4) is 0 Å². The van der Waals surface area contributed by atoms with Gasteiger partial charge < -0.3 is 5.21 Å². The summed E-state index contributed by atoms with van der Waals surface area (Å²) in [6.45, 7) is 2.10. The summed E-state index contributed by atoms with van der Waals surface area (Å²) >= 11 is 0. The predicted octanol–water partition coefficient (Wildman–Crippen LogP) is 3.45. The third kappa shape index (κ3) is 1.89. The number of carbonyl (C=O) groups excluding carboxylic acids is 1. The van der Waals surface area contributed by atoms with E-state index in [0.29, 0.717) is 6.42 Å². The Labute approximate surface area is 112 Å².